The van der Waals surface area contributed by atoms with E-state index < -0.39 is 8.56 Å². The zero-order valence-corrected chi connectivity index (χ0v) is 10.3. The van der Waals surface area contributed by atoms with Gasteiger partial charge in [-0.25, -0.2) is 4.79 Å². The van der Waals surface area contributed by atoms with Crippen LogP contribution in [0.25, 0.3) is 0 Å². The standard InChI is InChI=1S/C8H20N2O3Si/c1-9-8(11)10-6-5-7-14(4,12-2)13-3/h5-7H2,1-4H3,(H2,9,10,11). The summed E-state index contributed by atoms with van der Waals surface area (Å²) in [4.78, 5) is 10.8. The average Bonchev–Trinajstić information content (AvgIpc) is 2.23. The third-order valence-corrected chi connectivity index (χ3v) is 5.17. The summed E-state index contributed by atoms with van der Waals surface area (Å²) in [6.45, 7) is 2.65. The maximum atomic E-state index is 10.8. The fraction of sp³-hybridized carbons (Fsp3) is 0.875. The van der Waals surface area contributed by atoms with Crippen LogP contribution in [0.1, 0.15) is 6.42 Å². The highest BCUT2D eigenvalue weighted by Crippen LogP contribution is 2.12. The quantitative estimate of drug-likeness (QED) is 0.511. The van der Waals surface area contributed by atoms with Gasteiger partial charge in [0.15, 0.2) is 0 Å². The molecule has 0 saturated heterocycles. The molecular weight excluding hydrogens is 200 g/mol. The van der Waals surface area contributed by atoms with E-state index >= 15 is 0 Å². The van der Waals surface area contributed by atoms with E-state index in [1.54, 1.807) is 21.3 Å². The number of urea groups is 1. The van der Waals surface area contributed by atoms with Gasteiger partial charge in [0.1, 0.15) is 0 Å². The molecule has 0 aromatic carbocycles. The zero-order valence-electron chi connectivity index (χ0n) is 9.35. The first-order chi connectivity index (χ1) is 6.58. The molecule has 0 saturated carbocycles. The lowest BCUT2D eigenvalue weighted by molar-refractivity contribution is 0.240. The minimum Gasteiger partial charge on any atom is -0.398 e. The number of carbonyl (C=O) groups excluding carboxylic acids is 1. The first-order valence-corrected chi connectivity index (χ1v) is 7.16. The first-order valence-electron chi connectivity index (χ1n) is 4.64. The van der Waals surface area contributed by atoms with Crippen LogP contribution in [0.3, 0.4) is 0 Å². The lowest BCUT2D eigenvalue weighted by Gasteiger charge is -2.22. The van der Waals surface area contributed by atoms with E-state index in [1.807, 2.05) is 6.55 Å². The highest BCUT2D eigenvalue weighted by molar-refractivity contribution is 6.65. The number of hydrogen-bond acceptors (Lipinski definition) is 3. The summed E-state index contributed by atoms with van der Waals surface area (Å²) in [5.41, 5.74) is 0. The van der Waals surface area contributed by atoms with Gasteiger partial charge in [-0.15, -0.1) is 0 Å². The molecule has 0 aliphatic heterocycles. The fourth-order valence-electron chi connectivity index (χ4n) is 0.987. The lowest BCUT2D eigenvalue weighted by Crippen LogP contribution is -2.38. The molecule has 6 heteroatoms. The summed E-state index contributed by atoms with van der Waals surface area (Å²) >= 11 is 0. The van der Waals surface area contributed by atoms with E-state index in [0.717, 1.165) is 12.5 Å². The van der Waals surface area contributed by atoms with Gasteiger partial charge in [0, 0.05) is 27.8 Å². The van der Waals surface area contributed by atoms with Gasteiger partial charge in [-0.3, -0.25) is 0 Å². The van der Waals surface area contributed by atoms with E-state index in [-0.39, 0.29) is 6.03 Å². The van der Waals surface area contributed by atoms with Gasteiger partial charge >= 0.3 is 14.6 Å². The molecule has 0 spiro atoms. The van der Waals surface area contributed by atoms with Crippen LogP contribution in [0.5, 0.6) is 0 Å². The van der Waals surface area contributed by atoms with Crippen molar-refractivity contribution in [3.05, 3.63) is 0 Å². The lowest BCUT2D eigenvalue weighted by atomic mass is 10.5. The van der Waals surface area contributed by atoms with E-state index in [4.69, 9.17) is 8.85 Å². The molecule has 84 valence electrons. The molecule has 0 aliphatic rings. The number of nitrogens with one attached hydrogen (secondary N) is 2. The second-order valence-corrected chi connectivity index (χ2v) is 6.74. The summed E-state index contributed by atoms with van der Waals surface area (Å²) in [6, 6.07) is 0.729. The zero-order chi connectivity index (χ0) is 11.0. The molecule has 0 radical (unpaired) electrons. The second-order valence-electron chi connectivity index (χ2n) is 3.15. The maximum absolute atomic E-state index is 10.8. The third kappa shape index (κ3) is 5.20. The SMILES string of the molecule is CNC(=O)NCCC[Si](C)(OC)OC. The smallest absolute Gasteiger partial charge is 0.334 e. The van der Waals surface area contributed by atoms with E-state index in [1.165, 1.54) is 0 Å². The van der Waals surface area contributed by atoms with Crippen LogP contribution in [-0.2, 0) is 8.85 Å². The minimum atomic E-state index is -1.95. The Hall–Kier alpha value is -0.593. The van der Waals surface area contributed by atoms with Gasteiger partial charge in [0.2, 0.25) is 0 Å². The Kier molecular flexibility index (Phi) is 6.51. The Morgan fingerprint density at radius 3 is 2.36 bits per heavy atom. The van der Waals surface area contributed by atoms with E-state index in [9.17, 15) is 4.79 Å². The monoisotopic (exact) mass is 220 g/mol. The molecule has 0 heterocycles. The number of amides is 2. The first kappa shape index (κ1) is 13.4. The molecular formula is C8H20N2O3Si. The van der Waals surface area contributed by atoms with Crippen LogP contribution in [-0.4, -0.2) is 42.4 Å². The molecule has 0 aliphatic carbocycles. The Morgan fingerprint density at radius 2 is 1.93 bits per heavy atom. The van der Waals surface area contributed by atoms with Crippen molar-refractivity contribution in [1.82, 2.24) is 10.6 Å². The Labute approximate surface area is 86.4 Å². The van der Waals surface area contributed by atoms with Crippen LogP contribution < -0.4 is 10.6 Å². The van der Waals surface area contributed by atoms with Gasteiger partial charge in [-0.05, 0) is 19.0 Å². The summed E-state index contributed by atoms with van der Waals surface area (Å²) in [7, 11) is 2.98. The van der Waals surface area contributed by atoms with Gasteiger partial charge < -0.3 is 19.5 Å². The Bertz CT molecular complexity index is 174. The predicted molar refractivity (Wildman–Crippen MR) is 57.5 cm³/mol. The molecule has 0 unspecified atom stereocenters. The van der Waals surface area contributed by atoms with Crippen LogP contribution in [0, 0.1) is 0 Å². The van der Waals surface area contributed by atoms with Crippen molar-refractivity contribution in [2.45, 2.75) is 19.0 Å². The van der Waals surface area contributed by atoms with Crippen molar-refractivity contribution in [3.63, 3.8) is 0 Å². The van der Waals surface area contributed by atoms with Crippen molar-refractivity contribution in [2.75, 3.05) is 27.8 Å². The molecule has 0 fully saturated rings. The fourth-order valence-corrected chi connectivity index (χ4v) is 2.38. The van der Waals surface area contributed by atoms with Gasteiger partial charge in [0.05, 0.1) is 0 Å². The summed E-state index contributed by atoms with van der Waals surface area (Å²) in [5.74, 6) is 0. The molecule has 0 bridgehead atoms. The van der Waals surface area contributed by atoms with Gasteiger partial charge in [-0.2, -0.15) is 0 Å². The third-order valence-electron chi connectivity index (χ3n) is 2.18. The summed E-state index contributed by atoms with van der Waals surface area (Å²) < 4.78 is 10.6. The molecule has 0 rings (SSSR count). The van der Waals surface area contributed by atoms with Gasteiger partial charge in [0.25, 0.3) is 0 Å². The van der Waals surface area contributed by atoms with Gasteiger partial charge in [-0.1, -0.05) is 0 Å². The van der Waals surface area contributed by atoms with Crippen molar-refractivity contribution in [2.24, 2.45) is 0 Å². The van der Waals surface area contributed by atoms with Crippen molar-refractivity contribution in [1.29, 1.82) is 0 Å². The summed E-state index contributed by atoms with van der Waals surface area (Å²) in [6.07, 6.45) is 0.873. The average molecular weight is 220 g/mol. The number of carbonyl (C=O) groups is 1. The minimum absolute atomic E-state index is 0.150. The van der Waals surface area contributed by atoms with Crippen LogP contribution in [0.15, 0.2) is 0 Å². The molecule has 0 aromatic rings. The molecule has 0 aromatic heterocycles. The van der Waals surface area contributed by atoms with Crippen molar-refractivity contribution >= 4 is 14.6 Å². The number of rotatable bonds is 6. The highest BCUT2D eigenvalue weighted by Gasteiger charge is 2.27. The number of hydrogen-bond donors (Lipinski definition) is 2. The molecule has 5 nitrogen and oxygen atoms in total. The van der Waals surface area contributed by atoms with Crippen LogP contribution in [0.4, 0.5) is 4.79 Å². The molecule has 14 heavy (non-hydrogen) atoms. The molecule has 2 N–H and O–H groups in total. The second kappa shape index (κ2) is 6.80. The summed E-state index contributed by atoms with van der Waals surface area (Å²) in [5, 5.41) is 5.20. The Morgan fingerprint density at radius 1 is 1.36 bits per heavy atom. The van der Waals surface area contributed by atoms with Crippen LogP contribution in [0.2, 0.25) is 12.6 Å². The van der Waals surface area contributed by atoms with Crippen molar-refractivity contribution < 1.29 is 13.6 Å². The normalized spacial score (nSPS) is 11.1. The van der Waals surface area contributed by atoms with Crippen LogP contribution >= 0.6 is 0 Å². The maximum Gasteiger partial charge on any atom is 0.334 e. The van der Waals surface area contributed by atoms with Crippen molar-refractivity contribution in [3.8, 4) is 0 Å². The highest BCUT2D eigenvalue weighted by atomic mass is 28.4. The molecule has 0 atom stereocenters. The topological polar surface area (TPSA) is 59.6 Å². The molecule has 2 amide bonds. The Balaban J connectivity index is 3.57. The largest absolute Gasteiger partial charge is 0.398 e. The van der Waals surface area contributed by atoms with E-state index in [2.05, 4.69) is 10.6 Å². The predicted octanol–water partition coefficient (Wildman–Crippen LogP) is 0.670. The van der Waals surface area contributed by atoms with E-state index in [0.29, 0.717) is 6.54 Å².